The molecule has 1 aromatic heterocycles. The van der Waals surface area contributed by atoms with Crippen LogP contribution >= 0.6 is 24.0 Å². The molecule has 146 valence electrons. The number of guanidine groups is 1. The quantitative estimate of drug-likeness (QED) is 0.374. The molecule has 1 atom stereocenters. The van der Waals surface area contributed by atoms with Crippen molar-refractivity contribution in [2.24, 2.45) is 10.9 Å². The molecule has 2 heterocycles. The summed E-state index contributed by atoms with van der Waals surface area (Å²) in [6, 6.07) is 4.03. The van der Waals surface area contributed by atoms with Crippen LogP contribution in [0.15, 0.2) is 23.3 Å². The number of halogens is 1. The number of aromatic nitrogens is 1. The number of carbonyl (C=O) groups excluding carboxylic acids is 1. The highest BCUT2D eigenvalue weighted by atomic mass is 127. The van der Waals surface area contributed by atoms with Gasteiger partial charge in [-0.1, -0.05) is 13.8 Å². The Kier molecular flexibility index (Phi) is 9.68. The third-order valence-electron chi connectivity index (χ3n) is 4.11. The van der Waals surface area contributed by atoms with Gasteiger partial charge in [-0.3, -0.25) is 4.79 Å². The molecule has 1 fully saturated rings. The van der Waals surface area contributed by atoms with Crippen molar-refractivity contribution in [3.63, 3.8) is 0 Å². The monoisotopic (exact) mass is 475 g/mol. The molecule has 0 saturated carbocycles. The molecule has 1 amide bonds. The predicted octanol–water partition coefficient (Wildman–Crippen LogP) is 2.02. The van der Waals surface area contributed by atoms with Gasteiger partial charge in [-0.2, -0.15) is 0 Å². The summed E-state index contributed by atoms with van der Waals surface area (Å²) in [6.45, 7) is 8.77. The second-order valence-corrected chi connectivity index (χ2v) is 6.47. The van der Waals surface area contributed by atoms with Crippen molar-refractivity contribution in [3.05, 3.63) is 23.9 Å². The maximum absolute atomic E-state index is 12.1. The van der Waals surface area contributed by atoms with E-state index in [1.165, 1.54) is 0 Å². The number of aliphatic imine (C=N–C) groups is 1. The first-order chi connectivity index (χ1) is 12.0. The zero-order chi connectivity index (χ0) is 18.2. The standard InChI is InChI=1S/C18H29N5O2.HI/c1-5-19-18(21-11-14-6-8-20-16(10-14)25-4)22-15-7-9-23(12-15)17(24)13(2)3;/h6,8,10,13,15H,5,7,9,11-12H2,1-4H3,(H2,19,21,22);1H. The van der Waals surface area contributed by atoms with Gasteiger partial charge >= 0.3 is 0 Å². The van der Waals surface area contributed by atoms with Gasteiger partial charge in [0, 0.05) is 43.9 Å². The van der Waals surface area contributed by atoms with Gasteiger partial charge < -0.3 is 20.3 Å². The first kappa shape index (κ1) is 22.5. The minimum absolute atomic E-state index is 0. The molecule has 1 saturated heterocycles. The number of carbonyl (C=O) groups is 1. The van der Waals surface area contributed by atoms with Crippen molar-refractivity contribution < 1.29 is 9.53 Å². The largest absolute Gasteiger partial charge is 0.481 e. The highest BCUT2D eigenvalue weighted by molar-refractivity contribution is 14.0. The Hall–Kier alpha value is -1.58. The molecule has 1 aliphatic rings. The van der Waals surface area contributed by atoms with Crippen molar-refractivity contribution >= 4 is 35.8 Å². The fraction of sp³-hybridized carbons (Fsp3) is 0.611. The van der Waals surface area contributed by atoms with E-state index in [1.807, 2.05) is 37.8 Å². The lowest BCUT2D eigenvalue weighted by molar-refractivity contribution is -0.133. The second kappa shape index (κ2) is 11.2. The summed E-state index contributed by atoms with van der Waals surface area (Å²) in [5, 5.41) is 6.70. The van der Waals surface area contributed by atoms with E-state index in [1.54, 1.807) is 13.3 Å². The van der Waals surface area contributed by atoms with Crippen molar-refractivity contribution in [1.29, 1.82) is 0 Å². The molecule has 26 heavy (non-hydrogen) atoms. The van der Waals surface area contributed by atoms with E-state index in [0.717, 1.165) is 37.6 Å². The lowest BCUT2D eigenvalue weighted by atomic mass is 10.2. The summed E-state index contributed by atoms with van der Waals surface area (Å²) >= 11 is 0. The van der Waals surface area contributed by atoms with Crippen molar-refractivity contribution in [2.45, 2.75) is 39.8 Å². The predicted molar refractivity (Wildman–Crippen MR) is 114 cm³/mol. The summed E-state index contributed by atoms with van der Waals surface area (Å²) in [5.74, 6) is 1.61. The van der Waals surface area contributed by atoms with Gasteiger partial charge in [-0.05, 0) is 25.0 Å². The Labute approximate surface area is 173 Å². The normalized spacial score (nSPS) is 17.0. The molecule has 0 bridgehead atoms. The van der Waals surface area contributed by atoms with Crippen LogP contribution in [0.3, 0.4) is 0 Å². The summed E-state index contributed by atoms with van der Waals surface area (Å²) in [6.07, 6.45) is 2.66. The average molecular weight is 475 g/mol. The smallest absolute Gasteiger partial charge is 0.225 e. The average Bonchev–Trinajstić information content (AvgIpc) is 3.07. The Morgan fingerprint density at radius 2 is 2.27 bits per heavy atom. The molecule has 2 rings (SSSR count). The molecule has 0 radical (unpaired) electrons. The molecule has 0 aromatic carbocycles. The summed E-state index contributed by atoms with van der Waals surface area (Å²) in [7, 11) is 1.60. The number of hydrogen-bond acceptors (Lipinski definition) is 4. The van der Waals surface area contributed by atoms with Crippen LogP contribution in [0.2, 0.25) is 0 Å². The number of methoxy groups -OCH3 is 1. The Morgan fingerprint density at radius 3 is 2.92 bits per heavy atom. The van der Waals surface area contributed by atoms with Gasteiger partial charge in [0.25, 0.3) is 0 Å². The molecule has 0 aliphatic carbocycles. The molecule has 0 spiro atoms. The zero-order valence-electron chi connectivity index (χ0n) is 16.0. The van der Waals surface area contributed by atoms with Crippen LogP contribution in [0, 0.1) is 5.92 Å². The number of nitrogens with zero attached hydrogens (tertiary/aromatic N) is 3. The van der Waals surface area contributed by atoms with Crippen LogP contribution in [0.25, 0.3) is 0 Å². The third-order valence-corrected chi connectivity index (χ3v) is 4.11. The molecular formula is C18H30IN5O2. The van der Waals surface area contributed by atoms with Crippen LogP contribution in [-0.4, -0.2) is 54.5 Å². The highest BCUT2D eigenvalue weighted by Gasteiger charge is 2.27. The minimum atomic E-state index is 0. The van der Waals surface area contributed by atoms with Crippen molar-refractivity contribution in [2.75, 3.05) is 26.7 Å². The molecule has 8 heteroatoms. The van der Waals surface area contributed by atoms with E-state index in [-0.39, 0.29) is 41.8 Å². The number of nitrogens with one attached hydrogen (secondary N) is 2. The Bertz CT molecular complexity index is 609. The molecule has 1 aromatic rings. The number of ether oxygens (including phenoxy) is 1. The maximum Gasteiger partial charge on any atom is 0.225 e. The first-order valence-corrected chi connectivity index (χ1v) is 8.86. The number of likely N-dealkylation sites (tertiary alicyclic amines) is 1. The third kappa shape index (κ3) is 6.62. The van der Waals surface area contributed by atoms with Gasteiger partial charge in [0.05, 0.1) is 13.7 Å². The summed E-state index contributed by atoms with van der Waals surface area (Å²) in [5.41, 5.74) is 1.03. The van der Waals surface area contributed by atoms with Gasteiger partial charge in [0.15, 0.2) is 5.96 Å². The highest BCUT2D eigenvalue weighted by Crippen LogP contribution is 2.13. The molecule has 1 aliphatic heterocycles. The lowest BCUT2D eigenvalue weighted by Gasteiger charge is -2.20. The maximum atomic E-state index is 12.1. The first-order valence-electron chi connectivity index (χ1n) is 8.86. The number of rotatable bonds is 6. The SMILES string of the molecule is CCNC(=NCc1ccnc(OC)c1)NC1CCN(C(=O)C(C)C)C1.I. The van der Waals surface area contributed by atoms with Crippen LogP contribution < -0.4 is 15.4 Å². The van der Waals surface area contributed by atoms with Crippen LogP contribution in [0.5, 0.6) is 5.88 Å². The van der Waals surface area contributed by atoms with Crippen LogP contribution in [0.4, 0.5) is 0 Å². The lowest BCUT2D eigenvalue weighted by Crippen LogP contribution is -2.45. The van der Waals surface area contributed by atoms with E-state index >= 15 is 0 Å². The van der Waals surface area contributed by atoms with E-state index in [0.29, 0.717) is 12.4 Å². The summed E-state index contributed by atoms with van der Waals surface area (Å²) in [4.78, 5) is 22.8. The van der Waals surface area contributed by atoms with Crippen LogP contribution in [0.1, 0.15) is 32.8 Å². The van der Waals surface area contributed by atoms with Gasteiger partial charge in [0.2, 0.25) is 11.8 Å². The molecule has 1 unspecified atom stereocenters. The number of hydrogen-bond donors (Lipinski definition) is 2. The van der Waals surface area contributed by atoms with E-state index in [4.69, 9.17) is 4.74 Å². The van der Waals surface area contributed by atoms with Gasteiger partial charge in [-0.25, -0.2) is 9.98 Å². The molecular weight excluding hydrogens is 445 g/mol. The van der Waals surface area contributed by atoms with Gasteiger partial charge in [0.1, 0.15) is 0 Å². The van der Waals surface area contributed by atoms with E-state index < -0.39 is 0 Å². The number of pyridine rings is 1. The fourth-order valence-electron chi connectivity index (χ4n) is 2.79. The zero-order valence-corrected chi connectivity index (χ0v) is 18.3. The Balaban J connectivity index is 0.00000338. The van der Waals surface area contributed by atoms with E-state index in [9.17, 15) is 4.79 Å². The Morgan fingerprint density at radius 1 is 1.50 bits per heavy atom. The number of amides is 1. The van der Waals surface area contributed by atoms with E-state index in [2.05, 4.69) is 20.6 Å². The molecule has 2 N–H and O–H groups in total. The van der Waals surface area contributed by atoms with Gasteiger partial charge in [-0.15, -0.1) is 24.0 Å². The minimum Gasteiger partial charge on any atom is -0.481 e. The van der Waals surface area contributed by atoms with Crippen molar-refractivity contribution in [1.82, 2.24) is 20.5 Å². The second-order valence-electron chi connectivity index (χ2n) is 6.47. The van der Waals surface area contributed by atoms with Crippen LogP contribution in [-0.2, 0) is 11.3 Å². The van der Waals surface area contributed by atoms with Crippen molar-refractivity contribution in [3.8, 4) is 5.88 Å². The summed E-state index contributed by atoms with van der Waals surface area (Å²) < 4.78 is 5.14. The fourth-order valence-corrected chi connectivity index (χ4v) is 2.79. The molecule has 7 nitrogen and oxygen atoms in total. The topological polar surface area (TPSA) is 78.9 Å².